The van der Waals surface area contributed by atoms with Gasteiger partial charge in [-0.1, -0.05) is 12.1 Å². The molecule has 0 unspecified atom stereocenters. The highest BCUT2D eigenvalue weighted by Crippen LogP contribution is 2.37. The largest absolute Gasteiger partial charge is 0.416 e. The highest BCUT2D eigenvalue weighted by Gasteiger charge is 2.46. The van der Waals surface area contributed by atoms with Gasteiger partial charge in [0.15, 0.2) is 0 Å². The summed E-state index contributed by atoms with van der Waals surface area (Å²) in [6.07, 6.45) is -3.77. The summed E-state index contributed by atoms with van der Waals surface area (Å²) in [5.41, 5.74) is -0.769. The average molecular weight is 507 g/mol. The van der Waals surface area contributed by atoms with E-state index in [-0.39, 0.29) is 16.3 Å². The van der Waals surface area contributed by atoms with E-state index in [1.54, 1.807) is 16.8 Å². The number of amides is 2. The van der Waals surface area contributed by atoms with Gasteiger partial charge in [0.25, 0.3) is 0 Å². The first-order valence-electron chi connectivity index (χ1n) is 9.88. The molecule has 1 aliphatic carbocycles. The second-order valence-electron chi connectivity index (χ2n) is 7.68. The third kappa shape index (κ3) is 5.22. The van der Waals surface area contributed by atoms with Crippen LogP contribution in [-0.2, 0) is 16.2 Å². The summed E-state index contributed by atoms with van der Waals surface area (Å²) >= 11 is 1.40. The van der Waals surface area contributed by atoms with Crippen LogP contribution < -0.4 is 15.4 Å². The number of urea groups is 1. The van der Waals surface area contributed by atoms with Gasteiger partial charge in [-0.05, 0) is 65.6 Å². The summed E-state index contributed by atoms with van der Waals surface area (Å²) in [5.74, 6) is 0. The van der Waals surface area contributed by atoms with Crippen molar-refractivity contribution in [1.29, 1.82) is 5.26 Å². The highest BCUT2D eigenvalue weighted by atomic mass is 32.2. The van der Waals surface area contributed by atoms with Crippen LogP contribution in [0.1, 0.15) is 18.4 Å². The summed E-state index contributed by atoms with van der Waals surface area (Å²) in [4.78, 5) is 12.4. The van der Waals surface area contributed by atoms with E-state index in [1.165, 1.54) is 35.6 Å². The number of thiophene rings is 1. The molecule has 176 valence electrons. The molecule has 7 nitrogen and oxygen atoms in total. The van der Waals surface area contributed by atoms with Gasteiger partial charge in [0.1, 0.15) is 5.54 Å². The van der Waals surface area contributed by atoms with Gasteiger partial charge in [0.05, 0.1) is 22.2 Å². The van der Waals surface area contributed by atoms with Crippen molar-refractivity contribution in [2.45, 2.75) is 29.5 Å². The normalized spacial score (nSPS) is 14.8. The number of carbonyl (C=O) groups excluding carboxylic acids is 1. The Balaban J connectivity index is 1.62. The fraction of sp³-hybridized carbons (Fsp3) is 0.182. The Kier molecular flexibility index (Phi) is 6.11. The van der Waals surface area contributed by atoms with Gasteiger partial charge in [-0.25, -0.2) is 13.2 Å². The highest BCUT2D eigenvalue weighted by molar-refractivity contribution is 7.89. The topological polar surface area (TPSA) is 111 Å². The molecule has 1 aromatic heterocycles. The second-order valence-corrected chi connectivity index (χ2v) is 10.1. The quantitative estimate of drug-likeness (QED) is 0.415. The third-order valence-corrected chi connectivity index (χ3v) is 7.34. The van der Waals surface area contributed by atoms with Crippen molar-refractivity contribution in [3.63, 3.8) is 0 Å². The SMILES string of the molecule is N#CC1(NS(=O)(=O)c2ccc(-c3ccsc3)c(NC(=O)Nc3cccc(C(F)(F)F)c3)c2)CC1. The Labute approximate surface area is 197 Å². The van der Waals surface area contributed by atoms with Crippen LogP contribution in [0.5, 0.6) is 0 Å². The molecule has 34 heavy (non-hydrogen) atoms. The average Bonchev–Trinajstić information content (AvgIpc) is 3.31. The molecule has 0 radical (unpaired) electrons. The standard InChI is InChI=1S/C22H17F3N4O3S2/c23-22(24,25)15-2-1-3-16(10-15)27-20(30)28-19-11-17(4-5-18(19)14-6-9-33-12-14)34(31,32)29-21(13-26)7-8-21/h1-6,9-12,29H,7-8H2,(H2,27,28,30). The minimum atomic E-state index is -4.57. The summed E-state index contributed by atoms with van der Waals surface area (Å²) in [6, 6.07) is 11.1. The Bertz CT molecular complexity index is 1380. The lowest BCUT2D eigenvalue weighted by atomic mass is 10.1. The van der Waals surface area contributed by atoms with Crippen molar-refractivity contribution < 1.29 is 26.4 Å². The third-order valence-electron chi connectivity index (χ3n) is 5.12. The van der Waals surface area contributed by atoms with Crippen molar-refractivity contribution in [2.24, 2.45) is 0 Å². The first kappa shape index (κ1) is 23.7. The summed E-state index contributed by atoms with van der Waals surface area (Å²) < 4.78 is 66.9. The predicted molar refractivity (Wildman–Crippen MR) is 122 cm³/mol. The van der Waals surface area contributed by atoms with Crippen LogP contribution in [0.25, 0.3) is 11.1 Å². The van der Waals surface area contributed by atoms with Gasteiger partial charge < -0.3 is 10.6 Å². The Morgan fingerprint density at radius 1 is 1.09 bits per heavy atom. The number of hydrogen-bond donors (Lipinski definition) is 3. The van der Waals surface area contributed by atoms with E-state index in [0.29, 0.717) is 24.0 Å². The van der Waals surface area contributed by atoms with Crippen LogP contribution in [-0.4, -0.2) is 20.0 Å². The number of nitrogens with one attached hydrogen (secondary N) is 3. The van der Waals surface area contributed by atoms with Crippen molar-refractivity contribution >= 4 is 38.8 Å². The molecular formula is C22H17F3N4O3S2. The molecule has 2 amide bonds. The monoisotopic (exact) mass is 506 g/mol. The van der Waals surface area contributed by atoms with Crippen LogP contribution in [0.2, 0.25) is 0 Å². The van der Waals surface area contributed by atoms with Gasteiger partial charge in [0.2, 0.25) is 10.0 Å². The molecule has 3 N–H and O–H groups in total. The maximum Gasteiger partial charge on any atom is 0.416 e. The number of anilines is 2. The summed E-state index contributed by atoms with van der Waals surface area (Å²) in [5, 5.41) is 17.7. The molecular weight excluding hydrogens is 489 g/mol. The van der Waals surface area contributed by atoms with Crippen molar-refractivity contribution in [3.05, 3.63) is 64.9 Å². The smallest absolute Gasteiger partial charge is 0.308 e. The Morgan fingerprint density at radius 3 is 2.47 bits per heavy atom. The number of sulfonamides is 1. The van der Waals surface area contributed by atoms with E-state index in [2.05, 4.69) is 15.4 Å². The first-order valence-corrected chi connectivity index (χ1v) is 12.3. The lowest BCUT2D eigenvalue weighted by Gasteiger charge is -2.15. The molecule has 0 saturated heterocycles. The van der Waals surface area contributed by atoms with Gasteiger partial charge >= 0.3 is 12.2 Å². The molecule has 2 aromatic carbocycles. The van der Waals surface area contributed by atoms with Crippen molar-refractivity contribution in [3.8, 4) is 17.2 Å². The molecule has 0 aliphatic heterocycles. The lowest BCUT2D eigenvalue weighted by Crippen LogP contribution is -2.35. The molecule has 12 heteroatoms. The zero-order valence-electron chi connectivity index (χ0n) is 17.3. The van der Waals surface area contributed by atoms with E-state index in [9.17, 15) is 31.6 Å². The number of benzene rings is 2. The van der Waals surface area contributed by atoms with E-state index in [1.807, 2.05) is 6.07 Å². The van der Waals surface area contributed by atoms with E-state index < -0.39 is 33.3 Å². The van der Waals surface area contributed by atoms with Crippen LogP contribution in [0.4, 0.5) is 29.3 Å². The molecule has 1 fully saturated rings. The maximum atomic E-state index is 13.0. The molecule has 1 heterocycles. The number of rotatable bonds is 6. The molecule has 3 aromatic rings. The minimum absolute atomic E-state index is 0.0838. The molecule has 1 aliphatic rings. The number of alkyl halides is 3. The fourth-order valence-corrected chi connectivity index (χ4v) is 5.26. The van der Waals surface area contributed by atoms with Gasteiger partial charge in [0, 0.05) is 11.3 Å². The summed E-state index contributed by atoms with van der Waals surface area (Å²) in [7, 11) is -4.06. The van der Waals surface area contributed by atoms with Gasteiger partial charge in [-0.15, -0.1) is 0 Å². The van der Waals surface area contributed by atoms with Crippen LogP contribution in [0.15, 0.2) is 64.2 Å². The van der Waals surface area contributed by atoms with Crippen molar-refractivity contribution in [1.82, 2.24) is 4.72 Å². The van der Waals surface area contributed by atoms with Gasteiger partial charge in [-0.2, -0.15) is 34.5 Å². The molecule has 0 bridgehead atoms. The van der Waals surface area contributed by atoms with Crippen molar-refractivity contribution in [2.75, 3.05) is 10.6 Å². The number of halogens is 3. The van der Waals surface area contributed by atoms with Crippen LogP contribution >= 0.6 is 11.3 Å². The number of carbonyl (C=O) groups is 1. The molecule has 1 saturated carbocycles. The number of hydrogen-bond acceptors (Lipinski definition) is 5. The van der Waals surface area contributed by atoms with Crippen LogP contribution in [0, 0.1) is 11.3 Å². The van der Waals surface area contributed by atoms with E-state index in [0.717, 1.165) is 18.2 Å². The fourth-order valence-electron chi connectivity index (χ4n) is 3.20. The first-order chi connectivity index (χ1) is 16.0. The maximum absolute atomic E-state index is 13.0. The predicted octanol–water partition coefficient (Wildman–Crippen LogP) is 5.41. The lowest BCUT2D eigenvalue weighted by molar-refractivity contribution is -0.137. The molecule has 0 spiro atoms. The van der Waals surface area contributed by atoms with Crippen LogP contribution in [0.3, 0.4) is 0 Å². The second kappa shape index (κ2) is 8.75. The molecule has 0 atom stereocenters. The minimum Gasteiger partial charge on any atom is -0.308 e. The molecule has 4 rings (SSSR count). The zero-order valence-corrected chi connectivity index (χ0v) is 18.9. The number of nitriles is 1. The zero-order chi connectivity index (χ0) is 24.6. The van der Waals surface area contributed by atoms with E-state index in [4.69, 9.17) is 0 Å². The number of nitrogens with zero attached hydrogens (tertiary/aromatic N) is 1. The van der Waals surface area contributed by atoms with E-state index >= 15 is 0 Å². The van der Waals surface area contributed by atoms with Gasteiger partial charge in [-0.3, -0.25) is 0 Å². The Morgan fingerprint density at radius 2 is 1.85 bits per heavy atom. The Hall–Kier alpha value is -3.40. The summed E-state index contributed by atoms with van der Waals surface area (Å²) in [6.45, 7) is 0.